The van der Waals surface area contributed by atoms with Crippen LogP contribution in [0.5, 0.6) is 0 Å². The molecule has 0 fully saturated rings. The van der Waals surface area contributed by atoms with Gasteiger partial charge in [-0.15, -0.1) is 0 Å². The van der Waals surface area contributed by atoms with E-state index in [1.165, 1.54) is 26.1 Å². The van der Waals surface area contributed by atoms with Gasteiger partial charge in [-0.1, -0.05) is 133 Å². The van der Waals surface area contributed by atoms with Crippen LogP contribution in [-0.4, -0.2) is 0 Å². The number of anilines is 6. The van der Waals surface area contributed by atoms with Gasteiger partial charge in [0.2, 0.25) is 0 Å². The van der Waals surface area contributed by atoms with E-state index >= 15 is 0 Å². The van der Waals surface area contributed by atoms with Crippen LogP contribution in [0.1, 0.15) is 0 Å². The van der Waals surface area contributed by atoms with E-state index in [1.807, 2.05) is 11.8 Å². The van der Waals surface area contributed by atoms with Crippen molar-refractivity contribution < 1.29 is 0 Å². The first-order valence-electron chi connectivity index (χ1n) is 16.5. The number of para-hydroxylation sites is 4. The molecular formula is C46H34N2S. The normalized spacial score (nSPS) is 10.9. The van der Waals surface area contributed by atoms with Crippen molar-refractivity contribution in [1.82, 2.24) is 0 Å². The highest BCUT2D eigenvalue weighted by Gasteiger charge is 2.20. The fourth-order valence-electron chi connectivity index (χ4n) is 6.46. The lowest BCUT2D eigenvalue weighted by molar-refractivity contribution is 1.25. The van der Waals surface area contributed by atoms with Crippen LogP contribution in [0.4, 0.5) is 34.1 Å². The number of hydrogen-bond acceptors (Lipinski definition) is 3. The highest BCUT2D eigenvalue weighted by Crippen LogP contribution is 2.45. The SMILES string of the molecule is c1ccc(Sc2cccc3cccc(-c4cc(N(c5ccccc5)c5ccccc5)cc(N(c5ccccc5)c5ccccc5)c4)c23)cc1. The number of fused-ring (bicyclic) bond motifs is 1. The zero-order chi connectivity index (χ0) is 32.8. The Morgan fingerprint density at radius 3 is 1.18 bits per heavy atom. The van der Waals surface area contributed by atoms with Crippen LogP contribution in [-0.2, 0) is 0 Å². The van der Waals surface area contributed by atoms with Crippen LogP contribution < -0.4 is 9.80 Å². The van der Waals surface area contributed by atoms with Crippen molar-refractivity contribution >= 4 is 56.7 Å². The van der Waals surface area contributed by atoms with E-state index in [-0.39, 0.29) is 0 Å². The Bertz CT molecular complexity index is 2110. The molecule has 0 spiro atoms. The summed E-state index contributed by atoms with van der Waals surface area (Å²) in [6.45, 7) is 0. The summed E-state index contributed by atoms with van der Waals surface area (Å²) in [7, 11) is 0. The average molecular weight is 647 g/mol. The Labute approximate surface area is 292 Å². The summed E-state index contributed by atoms with van der Waals surface area (Å²) in [5.74, 6) is 0. The largest absolute Gasteiger partial charge is 0.310 e. The molecule has 0 saturated heterocycles. The van der Waals surface area contributed by atoms with Crippen molar-refractivity contribution in [2.75, 3.05) is 9.80 Å². The molecule has 0 saturated carbocycles. The second-order valence-electron chi connectivity index (χ2n) is 11.8. The lowest BCUT2D eigenvalue weighted by Gasteiger charge is -2.30. The standard InChI is InChI=1S/C46H34N2S/c1-6-20-37(21-7-1)47(38-22-8-2-9-23-38)41-32-36(33-42(34-41)48(39-24-10-3-11-25-39)40-26-12-4-13-27-40)44-30-16-18-35-19-17-31-45(46(35)44)49-43-28-14-5-15-29-43/h1-34H. The van der Waals surface area contributed by atoms with Gasteiger partial charge in [0.15, 0.2) is 0 Å². The second kappa shape index (κ2) is 14.0. The van der Waals surface area contributed by atoms with Gasteiger partial charge in [0.25, 0.3) is 0 Å². The molecule has 0 aliphatic rings. The molecule has 49 heavy (non-hydrogen) atoms. The summed E-state index contributed by atoms with van der Waals surface area (Å²) >= 11 is 1.81. The zero-order valence-corrected chi connectivity index (χ0v) is 27.7. The Hall–Kier alpha value is -6.03. The molecule has 234 valence electrons. The maximum absolute atomic E-state index is 2.35. The molecule has 0 N–H and O–H groups in total. The lowest BCUT2D eigenvalue weighted by atomic mass is 9.96. The molecule has 0 unspecified atom stereocenters. The molecule has 0 amide bonds. The van der Waals surface area contributed by atoms with Gasteiger partial charge in [-0.2, -0.15) is 0 Å². The molecule has 0 heterocycles. The molecule has 2 nitrogen and oxygen atoms in total. The maximum Gasteiger partial charge on any atom is 0.0488 e. The Morgan fingerprint density at radius 1 is 0.327 bits per heavy atom. The van der Waals surface area contributed by atoms with Gasteiger partial charge in [0.1, 0.15) is 0 Å². The van der Waals surface area contributed by atoms with E-state index in [4.69, 9.17) is 0 Å². The molecule has 8 rings (SSSR count). The quantitative estimate of drug-likeness (QED) is 0.154. The minimum Gasteiger partial charge on any atom is -0.310 e. The highest BCUT2D eigenvalue weighted by molar-refractivity contribution is 7.99. The van der Waals surface area contributed by atoms with Crippen LogP contribution in [0, 0.1) is 0 Å². The van der Waals surface area contributed by atoms with Crippen molar-refractivity contribution in [2.45, 2.75) is 9.79 Å². The number of nitrogens with zero attached hydrogens (tertiary/aromatic N) is 2. The third-order valence-electron chi connectivity index (χ3n) is 8.62. The third-order valence-corrected chi connectivity index (χ3v) is 9.69. The molecule has 0 aliphatic heterocycles. The van der Waals surface area contributed by atoms with Crippen LogP contribution in [0.3, 0.4) is 0 Å². The first kappa shape index (κ1) is 30.3. The van der Waals surface area contributed by atoms with E-state index in [1.54, 1.807) is 0 Å². The second-order valence-corrected chi connectivity index (χ2v) is 12.9. The molecule has 8 aromatic carbocycles. The molecule has 0 aliphatic carbocycles. The van der Waals surface area contributed by atoms with Crippen LogP contribution in [0.15, 0.2) is 216 Å². The number of benzene rings is 8. The Morgan fingerprint density at radius 2 is 0.735 bits per heavy atom. The van der Waals surface area contributed by atoms with E-state index in [0.29, 0.717) is 0 Å². The monoisotopic (exact) mass is 646 g/mol. The predicted octanol–water partition coefficient (Wildman–Crippen LogP) is 13.6. The van der Waals surface area contributed by atoms with Crippen LogP contribution in [0.25, 0.3) is 21.9 Å². The molecule has 3 heteroatoms. The lowest BCUT2D eigenvalue weighted by Crippen LogP contribution is -2.13. The smallest absolute Gasteiger partial charge is 0.0488 e. The summed E-state index contributed by atoms with van der Waals surface area (Å²) < 4.78 is 0. The van der Waals surface area contributed by atoms with Crippen LogP contribution >= 0.6 is 11.8 Å². The summed E-state index contributed by atoms with van der Waals surface area (Å²) in [4.78, 5) is 7.16. The minimum atomic E-state index is 1.08. The van der Waals surface area contributed by atoms with E-state index in [2.05, 4.69) is 216 Å². The summed E-state index contributed by atoms with van der Waals surface area (Å²) in [6.07, 6.45) is 0. The Kier molecular flexibility index (Phi) is 8.65. The fourth-order valence-corrected chi connectivity index (χ4v) is 7.48. The van der Waals surface area contributed by atoms with Gasteiger partial charge in [0.05, 0.1) is 0 Å². The van der Waals surface area contributed by atoms with Gasteiger partial charge < -0.3 is 9.80 Å². The average Bonchev–Trinajstić information content (AvgIpc) is 3.17. The fraction of sp³-hybridized carbons (Fsp3) is 0. The highest BCUT2D eigenvalue weighted by atomic mass is 32.2. The topological polar surface area (TPSA) is 6.48 Å². The first-order valence-corrected chi connectivity index (χ1v) is 17.3. The molecule has 0 atom stereocenters. The zero-order valence-electron chi connectivity index (χ0n) is 26.9. The van der Waals surface area contributed by atoms with E-state index < -0.39 is 0 Å². The summed E-state index contributed by atoms with van der Waals surface area (Å²) in [6, 6.07) is 73.5. The third kappa shape index (κ3) is 6.45. The first-order chi connectivity index (χ1) is 24.3. The van der Waals surface area contributed by atoms with Gasteiger partial charge in [-0.05, 0) is 101 Å². The van der Waals surface area contributed by atoms with Gasteiger partial charge in [0, 0.05) is 49.3 Å². The van der Waals surface area contributed by atoms with Crippen LogP contribution in [0.2, 0.25) is 0 Å². The van der Waals surface area contributed by atoms with Gasteiger partial charge in [-0.3, -0.25) is 0 Å². The van der Waals surface area contributed by atoms with Gasteiger partial charge >= 0.3 is 0 Å². The summed E-state index contributed by atoms with van der Waals surface area (Å²) in [5.41, 5.74) is 8.89. The predicted molar refractivity (Wildman–Crippen MR) is 209 cm³/mol. The minimum absolute atomic E-state index is 1.08. The van der Waals surface area contributed by atoms with Crippen molar-refractivity contribution in [1.29, 1.82) is 0 Å². The van der Waals surface area contributed by atoms with E-state index in [0.717, 1.165) is 39.7 Å². The molecule has 0 aromatic heterocycles. The molecule has 0 bridgehead atoms. The Balaban J connectivity index is 1.41. The molecule has 8 aromatic rings. The van der Waals surface area contributed by atoms with Crippen molar-refractivity contribution in [3.8, 4) is 11.1 Å². The molecular weight excluding hydrogens is 613 g/mol. The summed E-state index contributed by atoms with van der Waals surface area (Å²) in [5, 5.41) is 2.47. The number of hydrogen-bond donors (Lipinski definition) is 0. The van der Waals surface area contributed by atoms with Gasteiger partial charge in [-0.25, -0.2) is 0 Å². The van der Waals surface area contributed by atoms with Crippen molar-refractivity contribution in [3.05, 3.63) is 206 Å². The molecule has 0 radical (unpaired) electrons. The van der Waals surface area contributed by atoms with Crippen molar-refractivity contribution in [2.24, 2.45) is 0 Å². The van der Waals surface area contributed by atoms with Crippen molar-refractivity contribution in [3.63, 3.8) is 0 Å². The van der Waals surface area contributed by atoms with E-state index in [9.17, 15) is 0 Å². The maximum atomic E-state index is 2.35. The number of rotatable bonds is 9.